The molecule has 166 valence electrons. The largest absolute Gasteiger partial charge is 0.457 e. The van der Waals surface area contributed by atoms with Gasteiger partial charge in [0.05, 0.1) is 6.10 Å². The Bertz CT molecular complexity index is 793. The second kappa shape index (κ2) is 7.72. The molecule has 4 rings (SSSR count). The van der Waals surface area contributed by atoms with Crippen molar-refractivity contribution in [2.45, 2.75) is 76.4 Å². The lowest BCUT2D eigenvalue weighted by molar-refractivity contribution is -0.168. The topological polar surface area (TPSA) is 101 Å². The summed E-state index contributed by atoms with van der Waals surface area (Å²) < 4.78 is 4.92. The Balaban J connectivity index is 1.62. The van der Waals surface area contributed by atoms with Gasteiger partial charge in [0, 0.05) is 11.8 Å². The monoisotopic (exact) mass is 438 g/mol. The standard InChI is InChI=1S/C23H31ClO6/c1-21-10-17(26)11-22-6-4-16(25)8-15(22)3-2-14(9-22)18(21)5-7-23(21,29)19(27)13-30-20(28)12-24/h8,14,17-18,26,29H,2-7,9-13H2,1H3/t14-,17-,18+,21+,22-,23+/m1/s1. The van der Waals surface area contributed by atoms with Crippen LogP contribution in [0.25, 0.3) is 0 Å². The molecule has 0 amide bonds. The lowest BCUT2D eigenvalue weighted by Crippen LogP contribution is -2.57. The molecule has 3 saturated carbocycles. The summed E-state index contributed by atoms with van der Waals surface area (Å²) >= 11 is 5.44. The minimum Gasteiger partial charge on any atom is -0.457 e. The highest BCUT2D eigenvalue weighted by Gasteiger charge is 2.64. The van der Waals surface area contributed by atoms with Crippen molar-refractivity contribution in [3.05, 3.63) is 11.6 Å². The van der Waals surface area contributed by atoms with Crippen LogP contribution in [0, 0.1) is 22.7 Å². The maximum Gasteiger partial charge on any atom is 0.321 e. The molecule has 6 nitrogen and oxygen atoms in total. The number of fused-ring (bicyclic) bond motifs is 3. The zero-order valence-electron chi connectivity index (χ0n) is 17.5. The van der Waals surface area contributed by atoms with Crippen LogP contribution in [0.5, 0.6) is 0 Å². The first-order valence-corrected chi connectivity index (χ1v) is 11.6. The maximum atomic E-state index is 13.0. The Morgan fingerprint density at radius 3 is 2.70 bits per heavy atom. The molecule has 2 N–H and O–H groups in total. The summed E-state index contributed by atoms with van der Waals surface area (Å²) in [6.45, 7) is 1.42. The number of alkyl halides is 1. The van der Waals surface area contributed by atoms with E-state index >= 15 is 0 Å². The van der Waals surface area contributed by atoms with Crippen LogP contribution >= 0.6 is 11.6 Å². The molecule has 0 aromatic carbocycles. The van der Waals surface area contributed by atoms with Crippen molar-refractivity contribution in [1.29, 1.82) is 0 Å². The normalized spacial score (nSPS) is 43.0. The number of allylic oxidation sites excluding steroid dienone is 2. The number of Topliss-reactive ketones (excluding diaryl/α,β-unsaturated/α-hetero) is 1. The molecule has 7 heteroatoms. The Kier molecular flexibility index (Phi) is 5.65. The highest BCUT2D eigenvalue weighted by molar-refractivity contribution is 6.26. The first-order chi connectivity index (χ1) is 14.1. The SMILES string of the molecule is C[C@]12C[C@@H](O)C[C@]34CCC(=O)C=C3CC[C@H](C4)[C@@H]1CC[C@]2(O)C(=O)COC(=O)CCl. The predicted octanol–water partition coefficient (Wildman–Crippen LogP) is 2.72. The third-order valence-electron chi connectivity index (χ3n) is 8.67. The van der Waals surface area contributed by atoms with Crippen LogP contribution in [0.2, 0.25) is 0 Å². The molecule has 0 heterocycles. The van der Waals surface area contributed by atoms with E-state index in [2.05, 4.69) is 0 Å². The molecule has 0 unspecified atom stereocenters. The smallest absolute Gasteiger partial charge is 0.321 e. The van der Waals surface area contributed by atoms with Crippen LogP contribution in [-0.4, -0.2) is 51.9 Å². The summed E-state index contributed by atoms with van der Waals surface area (Å²) in [5.41, 5.74) is -1.35. The quantitative estimate of drug-likeness (QED) is 0.517. The first kappa shape index (κ1) is 22.0. The molecule has 30 heavy (non-hydrogen) atoms. The Morgan fingerprint density at radius 2 is 1.97 bits per heavy atom. The van der Waals surface area contributed by atoms with Crippen LogP contribution < -0.4 is 0 Å². The van der Waals surface area contributed by atoms with Crippen LogP contribution in [-0.2, 0) is 19.1 Å². The van der Waals surface area contributed by atoms with E-state index in [1.807, 2.05) is 13.0 Å². The molecule has 6 atom stereocenters. The van der Waals surface area contributed by atoms with E-state index < -0.39 is 35.5 Å². The van der Waals surface area contributed by atoms with Gasteiger partial charge in [-0.3, -0.25) is 14.4 Å². The third kappa shape index (κ3) is 3.35. The zero-order valence-corrected chi connectivity index (χ0v) is 18.2. The van der Waals surface area contributed by atoms with Crippen molar-refractivity contribution in [1.82, 2.24) is 0 Å². The maximum absolute atomic E-state index is 13.0. The number of ether oxygens (including phenoxy) is 1. The summed E-state index contributed by atoms with van der Waals surface area (Å²) in [6.07, 6.45) is 7.03. The van der Waals surface area contributed by atoms with E-state index in [1.165, 1.54) is 5.57 Å². The summed E-state index contributed by atoms with van der Waals surface area (Å²) in [7, 11) is 0. The summed E-state index contributed by atoms with van der Waals surface area (Å²) in [6, 6.07) is 0. The van der Waals surface area contributed by atoms with Crippen LogP contribution in [0.3, 0.4) is 0 Å². The average molecular weight is 439 g/mol. The fraction of sp³-hybridized carbons (Fsp3) is 0.783. The Morgan fingerprint density at radius 1 is 1.20 bits per heavy atom. The number of hydrogen-bond donors (Lipinski definition) is 2. The van der Waals surface area contributed by atoms with Crippen molar-refractivity contribution in [2.75, 3.05) is 12.5 Å². The Hall–Kier alpha value is -1.24. The minimum atomic E-state index is -1.63. The number of rotatable bonds is 4. The average Bonchev–Trinajstić information content (AvgIpc) is 2.96. The van der Waals surface area contributed by atoms with Gasteiger partial charge in [0.25, 0.3) is 0 Å². The van der Waals surface area contributed by atoms with E-state index in [1.54, 1.807) is 0 Å². The molecule has 0 aliphatic heterocycles. The van der Waals surface area contributed by atoms with Gasteiger partial charge >= 0.3 is 5.97 Å². The van der Waals surface area contributed by atoms with Crippen LogP contribution in [0.15, 0.2) is 11.6 Å². The highest BCUT2D eigenvalue weighted by atomic mass is 35.5. The molecule has 1 spiro atoms. The number of esters is 1. The molecule has 0 aromatic heterocycles. The number of aliphatic hydroxyl groups is 2. The van der Waals surface area contributed by atoms with Crippen molar-refractivity contribution in [3.63, 3.8) is 0 Å². The molecule has 2 bridgehead atoms. The lowest BCUT2D eigenvalue weighted by Gasteiger charge is -2.54. The molecule has 3 fully saturated rings. The first-order valence-electron chi connectivity index (χ1n) is 11.0. The van der Waals surface area contributed by atoms with Gasteiger partial charge in [0.2, 0.25) is 5.78 Å². The van der Waals surface area contributed by atoms with Crippen molar-refractivity contribution in [3.8, 4) is 0 Å². The van der Waals surface area contributed by atoms with Crippen LogP contribution in [0.1, 0.15) is 64.7 Å². The molecule has 4 aliphatic rings. The van der Waals surface area contributed by atoms with Gasteiger partial charge in [-0.25, -0.2) is 0 Å². The summed E-state index contributed by atoms with van der Waals surface area (Å²) in [5, 5.41) is 22.6. The number of halogens is 1. The van der Waals surface area contributed by atoms with Crippen LogP contribution in [0.4, 0.5) is 0 Å². The molecule has 0 aromatic rings. The number of carbonyl (C=O) groups is 3. The van der Waals surface area contributed by atoms with E-state index in [0.29, 0.717) is 38.0 Å². The molecule has 0 radical (unpaired) electrons. The predicted molar refractivity (Wildman–Crippen MR) is 110 cm³/mol. The molecular formula is C23H31ClO6. The highest BCUT2D eigenvalue weighted by Crippen LogP contribution is 2.64. The Labute approximate surface area is 182 Å². The fourth-order valence-corrected chi connectivity index (χ4v) is 7.32. The van der Waals surface area contributed by atoms with Gasteiger partial charge in [-0.2, -0.15) is 0 Å². The van der Waals surface area contributed by atoms with E-state index in [-0.39, 0.29) is 23.0 Å². The van der Waals surface area contributed by atoms with Gasteiger partial charge in [-0.15, -0.1) is 11.6 Å². The zero-order chi connectivity index (χ0) is 21.7. The fourth-order valence-electron chi connectivity index (χ4n) is 7.24. The van der Waals surface area contributed by atoms with Gasteiger partial charge in [0.15, 0.2) is 12.4 Å². The van der Waals surface area contributed by atoms with Gasteiger partial charge in [-0.1, -0.05) is 12.5 Å². The van der Waals surface area contributed by atoms with Gasteiger partial charge in [0.1, 0.15) is 11.5 Å². The summed E-state index contributed by atoms with van der Waals surface area (Å²) in [5.74, 6) is -0.920. The molecular weight excluding hydrogens is 408 g/mol. The van der Waals surface area contributed by atoms with Crippen molar-refractivity contribution < 1.29 is 29.3 Å². The van der Waals surface area contributed by atoms with Crippen molar-refractivity contribution in [2.24, 2.45) is 22.7 Å². The van der Waals surface area contributed by atoms with Crippen molar-refractivity contribution >= 4 is 29.1 Å². The van der Waals surface area contributed by atoms with E-state index in [9.17, 15) is 24.6 Å². The summed E-state index contributed by atoms with van der Waals surface area (Å²) in [4.78, 5) is 36.4. The van der Waals surface area contributed by atoms with Gasteiger partial charge < -0.3 is 14.9 Å². The second-order valence-electron chi connectivity index (χ2n) is 10.1. The number of carbonyl (C=O) groups excluding carboxylic acids is 3. The lowest BCUT2D eigenvalue weighted by atomic mass is 9.51. The number of aliphatic hydroxyl groups excluding tert-OH is 1. The van der Waals surface area contributed by atoms with Gasteiger partial charge in [-0.05, 0) is 74.7 Å². The third-order valence-corrected chi connectivity index (χ3v) is 8.89. The van der Waals surface area contributed by atoms with E-state index in [4.69, 9.17) is 16.3 Å². The molecule has 4 aliphatic carbocycles. The number of hydrogen-bond acceptors (Lipinski definition) is 6. The van der Waals surface area contributed by atoms with E-state index in [0.717, 1.165) is 25.7 Å². The molecule has 0 saturated heterocycles. The number of ketones is 2. The second-order valence-corrected chi connectivity index (χ2v) is 10.4. The minimum absolute atomic E-state index is 0.0983.